The van der Waals surface area contributed by atoms with Crippen LogP contribution in [-0.4, -0.2) is 12.8 Å². The van der Waals surface area contributed by atoms with Gasteiger partial charge in [-0.15, -0.1) is 0 Å². The Kier molecular flexibility index (Phi) is 4.11. The van der Waals surface area contributed by atoms with E-state index in [2.05, 4.69) is 5.16 Å². The third-order valence-corrected chi connectivity index (χ3v) is 1.95. The molecule has 0 atom stereocenters. The van der Waals surface area contributed by atoms with Gasteiger partial charge in [-0.2, -0.15) is 0 Å². The second-order valence-electron chi connectivity index (χ2n) is 3.00. The average molecular weight is 195 g/mol. The van der Waals surface area contributed by atoms with E-state index in [4.69, 9.17) is 4.84 Å². The Morgan fingerprint density at radius 2 is 2.00 bits per heavy atom. The fourth-order valence-corrected chi connectivity index (χ4v) is 1.19. The first kappa shape index (κ1) is 10.7. The van der Waals surface area contributed by atoms with Crippen molar-refractivity contribution >= 4 is 5.71 Å². The van der Waals surface area contributed by atoms with Crippen LogP contribution in [0.2, 0.25) is 0 Å². The van der Waals surface area contributed by atoms with Crippen molar-refractivity contribution in [1.82, 2.24) is 0 Å². The molecule has 0 saturated heterocycles. The smallest absolute Gasteiger partial charge is 0.123 e. The summed E-state index contributed by atoms with van der Waals surface area (Å²) in [5, 5.41) is 3.88. The summed E-state index contributed by atoms with van der Waals surface area (Å²) in [7, 11) is 1.53. The zero-order valence-corrected chi connectivity index (χ0v) is 8.46. The second kappa shape index (κ2) is 5.37. The summed E-state index contributed by atoms with van der Waals surface area (Å²) >= 11 is 0. The number of rotatable bonds is 4. The number of oxime groups is 1. The van der Waals surface area contributed by atoms with Crippen LogP contribution in [0, 0.1) is 5.82 Å². The Hall–Kier alpha value is -1.38. The van der Waals surface area contributed by atoms with Crippen molar-refractivity contribution in [2.24, 2.45) is 5.16 Å². The molecule has 1 aromatic carbocycles. The van der Waals surface area contributed by atoms with Gasteiger partial charge in [0.25, 0.3) is 0 Å². The van der Waals surface area contributed by atoms with Crippen molar-refractivity contribution < 1.29 is 9.23 Å². The van der Waals surface area contributed by atoms with Crippen LogP contribution in [0.25, 0.3) is 0 Å². The van der Waals surface area contributed by atoms with Crippen LogP contribution in [0.4, 0.5) is 4.39 Å². The highest BCUT2D eigenvalue weighted by atomic mass is 19.1. The number of hydrogen-bond acceptors (Lipinski definition) is 2. The van der Waals surface area contributed by atoms with Gasteiger partial charge < -0.3 is 4.84 Å². The molecule has 76 valence electrons. The molecule has 0 aliphatic heterocycles. The topological polar surface area (TPSA) is 21.6 Å². The maximum absolute atomic E-state index is 12.6. The molecule has 14 heavy (non-hydrogen) atoms. The van der Waals surface area contributed by atoms with E-state index < -0.39 is 0 Å². The highest BCUT2D eigenvalue weighted by Crippen LogP contribution is 2.05. The molecular formula is C11H14FNO. The zero-order valence-electron chi connectivity index (χ0n) is 8.46. The van der Waals surface area contributed by atoms with E-state index in [9.17, 15) is 4.39 Å². The molecule has 0 fully saturated rings. The van der Waals surface area contributed by atoms with Crippen LogP contribution in [0.15, 0.2) is 29.4 Å². The van der Waals surface area contributed by atoms with Gasteiger partial charge in [-0.3, -0.25) is 0 Å². The van der Waals surface area contributed by atoms with E-state index in [1.54, 1.807) is 12.1 Å². The van der Waals surface area contributed by atoms with Crippen molar-refractivity contribution in [3.05, 3.63) is 35.6 Å². The van der Waals surface area contributed by atoms with Gasteiger partial charge in [0.05, 0.1) is 5.71 Å². The third-order valence-electron chi connectivity index (χ3n) is 1.95. The summed E-state index contributed by atoms with van der Waals surface area (Å²) in [5.74, 6) is -0.213. The van der Waals surface area contributed by atoms with Crippen LogP contribution in [-0.2, 0) is 11.3 Å². The van der Waals surface area contributed by atoms with Gasteiger partial charge in [0.2, 0.25) is 0 Å². The fourth-order valence-electron chi connectivity index (χ4n) is 1.19. The number of benzene rings is 1. The number of nitrogens with zero attached hydrogens (tertiary/aromatic N) is 1. The van der Waals surface area contributed by atoms with Crippen LogP contribution >= 0.6 is 0 Å². The van der Waals surface area contributed by atoms with Crippen LogP contribution in [0.5, 0.6) is 0 Å². The van der Waals surface area contributed by atoms with Crippen molar-refractivity contribution in [3.63, 3.8) is 0 Å². The predicted octanol–water partition coefficient (Wildman–Crippen LogP) is 2.78. The summed E-state index contributed by atoms with van der Waals surface area (Å²) in [5.41, 5.74) is 2.00. The lowest BCUT2D eigenvalue weighted by Crippen LogP contribution is -2.02. The van der Waals surface area contributed by atoms with Crippen molar-refractivity contribution in [1.29, 1.82) is 0 Å². The van der Waals surface area contributed by atoms with Crippen molar-refractivity contribution in [3.8, 4) is 0 Å². The molecule has 0 radical (unpaired) electrons. The fraction of sp³-hybridized carbons (Fsp3) is 0.364. The van der Waals surface area contributed by atoms with Gasteiger partial charge in [0.15, 0.2) is 0 Å². The molecule has 0 aliphatic carbocycles. The molecule has 0 spiro atoms. The maximum Gasteiger partial charge on any atom is 0.123 e. The van der Waals surface area contributed by atoms with Gasteiger partial charge in [0, 0.05) is 6.42 Å². The summed E-state index contributed by atoms with van der Waals surface area (Å²) < 4.78 is 12.6. The normalized spacial score (nSPS) is 11.5. The lowest BCUT2D eigenvalue weighted by Gasteiger charge is -2.02. The quantitative estimate of drug-likeness (QED) is 0.534. The zero-order chi connectivity index (χ0) is 10.4. The summed E-state index contributed by atoms with van der Waals surface area (Å²) in [6.07, 6.45) is 1.55. The Morgan fingerprint density at radius 1 is 1.36 bits per heavy atom. The molecule has 0 aromatic heterocycles. The molecule has 3 heteroatoms. The Balaban J connectivity index is 2.67. The molecule has 1 rings (SSSR count). The number of hydrogen-bond donors (Lipinski definition) is 0. The van der Waals surface area contributed by atoms with E-state index in [0.717, 1.165) is 17.7 Å². The standard InChI is InChI=1S/C11H14FNO/c1-3-11(13-14-2)8-9-4-6-10(12)7-5-9/h4-7H,3,8H2,1-2H3. The van der Waals surface area contributed by atoms with E-state index >= 15 is 0 Å². The minimum absolute atomic E-state index is 0.213. The average Bonchev–Trinajstić information content (AvgIpc) is 2.20. The highest BCUT2D eigenvalue weighted by molar-refractivity contribution is 5.85. The molecule has 1 aromatic rings. The molecule has 0 bridgehead atoms. The second-order valence-corrected chi connectivity index (χ2v) is 3.00. The predicted molar refractivity (Wildman–Crippen MR) is 54.8 cm³/mol. The summed E-state index contributed by atoms with van der Waals surface area (Å²) in [4.78, 5) is 4.70. The largest absolute Gasteiger partial charge is 0.399 e. The van der Waals surface area contributed by atoms with Gasteiger partial charge in [-0.1, -0.05) is 24.2 Å². The van der Waals surface area contributed by atoms with Gasteiger partial charge in [-0.25, -0.2) is 4.39 Å². The van der Waals surface area contributed by atoms with E-state index in [1.807, 2.05) is 6.92 Å². The lowest BCUT2D eigenvalue weighted by atomic mass is 10.1. The molecule has 0 aliphatic rings. The van der Waals surface area contributed by atoms with E-state index in [-0.39, 0.29) is 5.82 Å². The Labute approximate surface area is 83.4 Å². The van der Waals surface area contributed by atoms with E-state index in [1.165, 1.54) is 19.2 Å². The maximum atomic E-state index is 12.6. The molecule has 0 amide bonds. The molecule has 0 unspecified atom stereocenters. The highest BCUT2D eigenvalue weighted by Gasteiger charge is 2.00. The molecular weight excluding hydrogens is 181 g/mol. The minimum atomic E-state index is -0.213. The Bertz CT molecular complexity index is 306. The van der Waals surface area contributed by atoms with Crippen LogP contribution < -0.4 is 0 Å². The van der Waals surface area contributed by atoms with Gasteiger partial charge in [-0.05, 0) is 24.1 Å². The summed E-state index contributed by atoms with van der Waals surface area (Å²) in [6.45, 7) is 2.02. The molecule has 0 N–H and O–H groups in total. The van der Waals surface area contributed by atoms with Gasteiger partial charge >= 0.3 is 0 Å². The van der Waals surface area contributed by atoms with Crippen LogP contribution in [0.3, 0.4) is 0 Å². The first-order valence-corrected chi connectivity index (χ1v) is 4.59. The lowest BCUT2D eigenvalue weighted by molar-refractivity contribution is 0.212. The van der Waals surface area contributed by atoms with Gasteiger partial charge in [0.1, 0.15) is 12.9 Å². The first-order valence-electron chi connectivity index (χ1n) is 4.59. The number of halogens is 1. The summed E-state index contributed by atoms with van der Waals surface area (Å²) in [6, 6.07) is 6.43. The van der Waals surface area contributed by atoms with Crippen LogP contribution in [0.1, 0.15) is 18.9 Å². The molecule has 2 nitrogen and oxygen atoms in total. The molecule has 0 heterocycles. The third kappa shape index (κ3) is 3.17. The molecule has 0 saturated carbocycles. The van der Waals surface area contributed by atoms with Crippen molar-refractivity contribution in [2.75, 3.05) is 7.11 Å². The minimum Gasteiger partial charge on any atom is -0.399 e. The monoisotopic (exact) mass is 195 g/mol. The van der Waals surface area contributed by atoms with E-state index in [0.29, 0.717) is 6.42 Å². The SMILES string of the molecule is CCC(Cc1ccc(F)cc1)=NOC. The van der Waals surface area contributed by atoms with Crippen molar-refractivity contribution in [2.45, 2.75) is 19.8 Å². The first-order chi connectivity index (χ1) is 6.76. The Morgan fingerprint density at radius 3 is 2.50 bits per heavy atom.